The molecule has 0 spiro atoms. The Balaban J connectivity index is 1.16. The highest BCUT2D eigenvalue weighted by Crippen LogP contribution is 2.27. The lowest BCUT2D eigenvalue weighted by atomic mass is 10.1. The molecule has 0 atom stereocenters. The van der Waals surface area contributed by atoms with Gasteiger partial charge < -0.3 is 10.2 Å². The fourth-order valence-corrected chi connectivity index (χ4v) is 4.47. The van der Waals surface area contributed by atoms with Gasteiger partial charge in [-0.05, 0) is 42.5 Å². The Hall–Kier alpha value is -2.70. The van der Waals surface area contributed by atoms with E-state index in [-0.39, 0.29) is 11.8 Å². The van der Waals surface area contributed by atoms with E-state index in [0.29, 0.717) is 19.6 Å². The van der Waals surface area contributed by atoms with E-state index >= 15 is 0 Å². The van der Waals surface area contributed by atoms with Crippen LogP contribution >= 0.6 is 0 Å². The van der Waals surface area contributed by atoms with E-state index in [1.165, 1.54) is 16.7 Å². The molecule has 2 aromatic carbocycles. The second kappa shape index (κ2) is 10.1. The Morgan fingerprint density at radius 1 is 0.871 bits per heavy atom. The van der Waals surface area contributed by atoms with Crippen molar-refractivity contribution in [3.63, 3.8) is 0 Å². The molecule has 0 radical (unpaired) electrons. The zero-order valence-corrected chi connectivity index (χ0v) is 18.3. The summed E-state index contributed by atoms with van der Waals surface area (Å²) in [6, 6.07) is 16.5. The third-order valence-corrected chi connectivity index (χ3v) is 6.36. The molecule has 1 N–H and O–H groups in total. The van der Waals surface area contributed by atoms with Crippen LogP contribution in [0, 0.1) is 6.92 Å². The molecule has 2 aliphatic heterocycles. The van der Waals surface area contributed by atoms with Gasteiger partial charge in [0, 0.05) is 45.0 Å². The van der Waals surface area contributed by atoms with Crippen LogP contribution in [0.3, 0.4) is 0 Å². The van der Waals surface area contributed by atoms with Gasteiger partial charge in [-0.25, -0.2) is 0 Å². The first-order valence-electron chi connectivity index (χ1n) is 11.2. The fraction of sp³-hybridized carbons (Fsp3) is 0.440. The number of fused-ring (bicyclic) bond motifs is 1. The molecule has 1 fully saturated rings. The number of nitrogens with zero attached hydrogens (tertiary/aromatic N) is 3. The SMILES string of the molecule is Cc1ccccc1CCNC(=O)CN1CCN(CC(=O)N2CCc3ccccc32)CC1. The molecule has 31 heavy (non-hydrogen) atoms. The Bertz CT molecular complexity index is 921. The minimum absolute atomic E-state index is 0.0757. The van der Waals surface area contributed by atoms with Gasteiger partial charge in [-0.3, -0.25) is 19.4 Å². The number of hydrogen-bond donors (Lipinski definition) is 1. The molecular weight excluding hydrogens is 388 g/mol. The molecular formula is C25H32N4O2. The average molecular weight is 421 g/mol. The third kappa shape index (κ3) is 5.51. The lowest BCUT2D eigenvalue weighted by Gasteiger charge is -2.34. The Morgan fingerprint density at radius 3 is 2.32 bits per heavy atom. The van der Waals surface area contributed by atoms with Crippen LogP contribution in [0.2, 0.25) is 0 Å². The number of hydrogen-bond acceptors (Lipinski definition) is 4. The van der Waals surface area contributed by atoms with Gasteiger partial charge in [-0.2, -0.15) is 0 Å². The van der Waals surface area contributed by atoms with Crippen LogP contribution in [0.25, 0.3) is 0 Å². The summed E-state index contributed by atoms with van der Waals surface area (Å²) < 4.78 is 0. The van der Waals surface area contributed by atoms with Gasteiger partial charge in [-0.1, -0.05) is 42.5 Å². The third-order valence-electron chi connectivity index (χ3n) is 6.36. The molecule has 164 valence electrons. The molecule has 2 aliphatic rings. The number of para-hydroxylation sites is 1. The maximum atomic E-state index is 12.8. The molecule has 2 heterocycles. The maximum absolute atomic E-state index is 12.8. The number of nitrogens with one attached hydrogen (secondary N) is 1. The first-order valence-corrected chi connectivity index (χ1v) is 11.2. The summed E-state index contributed by atoms with van der Waals surface area (Å²) in [5.41, 5.74) is 4.86. The Kier molecular flexibility index (Phi) is 6.99. The Morgan fingerprint density at radius 2 is 1.55 bits per heavy atom. The van der Waals surface area contributed by atoms with Gasteiger partial charge in [-0.15, -0.1) is 0 Å². The monoisotopic (exact) mass is 420 g/mol. The zero-order valence-electron chi connectivity index (χ0n) is 18.3. The highest BCUT2D eigenvalue weighted by molar-refractivity contribution is 5.96. The van der Waals surface area contributed by atoms with E-state index < -0.39 is 0 Å². The summed E-state index contributed by atoms with van der Waals surface area (Å²) in [6.45, 7) is 7.68. The number of carbonyl (C=O) groups excluding carboxylic acids is 2. The highest BCUT2D eigenvalue weighted by atomic mass is 16.2. The van der Waals surface area contributed by atoms with Gasteiger partial charge in [0.05, 0.1) is 13.1 Å². The topological polar surface area (TPSA) is 55.9 Å². The molecule has 6 heteroatoms. The van der Waals surface area contributed by atoms with Crippen molar-refractivity contribution in [3.8, 4) is 0 Å². The van der Waals surface area contributed by atoms with Crippen LogP contribution in [0.4, 0.5) is 5.69 Å². The largest absolute Gasteiger partial charge is 0.355 e. The summed E-state index contributed by atoms with van der Waals surface area (Å²) in [5.74, 6) is 0.249. The van der Waals surface area contributed by atoms with Crippen molar-refractivity contribution in [2.24, 2.45) is 0 Å². The van der Waals surface area contributed by atoms with Gasteiger partial charge >= 0.3 is 0 Å². The molecule has 0 saturated carbocycles. The first-order chi connectivity index (χ1) is 15.1. The lowest BCUT2D eigenvalue weighted by Crippen LogP contribution is -2.52. The summed E-state index contributed by atoms with van der Waals surface area (Å²) >= 11 is 0. The minimum atomic E-state index is 0.0757. The van der Waals surface area contributed by atoms with Gasteiger partial charge in [0.1, 0.15) is 0 Å². The van der Waals surface area contributed by atoms with Crippen LogP contribution in [0.5, 0.6) is 0 Å². The molecule has 0 aromatic heterocycles. The standard InChI is InChI=1S/C25H32N4O2/c1-20-6-2-3-7-21(20)10-12-26-24(30)18-27-14-16-28(17-15-27)19-25(31)29-13-11-22-8-4-5-9-23(22)29/h2-9H,10-19H2,1H3,(H,26,30). The maximum Gasteiger partial charge on any atom is 0.241 e. The second-order valence-corrected chi connectivity index (χ2v) is 8.50. The zero-order chi connectivity index (χ0) is 21.6. The molecule has 4 rings (SSSR count). The number of benzene rings is 2. The Labute approximate surface area is 184 Å². The number of piperazine rings is 1. The highest BCUT2D eigenvalue weighted by Gasteiger charge is 2.27. The van der Waals surface area contributed by atoms with Crippen LogP contribution in [-0.2, 0) is 22.4 Å². The summed E-state index contributed by atoms with van der Waals surface area (Å²) in [6.07, 6.45) is 1.79. The van der Waals surface area contributed by atoms with E-state index in [4.69, 9.17) is 0 Å². The van der Waals surface area contributed by atoms with E-state index in [1.807, 2.05) is 35.2 Å². The molecule has 6 nitrogen and oxygen atoms in total. The summed E-state index contributed by atoms with van der Waals surface area (Å²) in [5, 5.41) is 3.04. The fourth-order valence-electron chi connectivity index (χ4n) is 4.47. The van der Waals surface area contributed by atoms with Crippen molar-refractivity contribution in [1.82, 2.24) is 15.1 Å². The molecule has 0 unspecified atom stereocenters. The molecule has 1 saturated heterocycles. The first kappa shape index (κ1) is 21.5. The molecule has 2 aromatic rings. The normalized spacial score (nSPS) is 16.9. The number of amides is 2. The lowest BCUT2D eigenvalue weighted by molar-refractivity contribution is -0.124. The smallest absolute Gasteiger partial charge is 0.241 e. The predicted molar refractivity (Wildman–Crippen MR) is 123 cm³/mol. The number of anilines is 1. The van der Waals surface area contributed by atoms with E-state index in [9.17, 15) is 9.59 Å². The number of carbonyl (C=O) groups is 2. The van der Waals surface area contributed by atoms with Crippen molar-refractivity contribution in [3.05, 3.63) is 65.2 Å². The molecule has 2 amide bonds. The van der Waals surface area contributed by atoms with Crippen LogP contribution in [0.1, 0.15) is 16.7 Å². The predicted octanol–water partition coefficient (Wildman–Crippen LogP) is 1.86. The summed E-state index contributed by atoms with van der Waals surface area (Å²) in [4.78, 5) is 31.4. The average Bonchev–Trinajstić information content (AvgIpc) is 3.21. The van der Waals surface area contributed by atoms with E-state index in [1.54, 1.807) is 0 Å². The van der Waals surface area contributed by atoms with Gasteiger partial charge in [0.25, 0.3) is 0 Å². The van der Waals surface area contributed by atoms with Gasteiger partial charge in [0.2, 0.25) is 11.8 Å². The van der Waals surface area contributed by atoms with Crippen molar-refractivity contribution in [1.29, 1.82) is 0 Å². The molecule has 0 aliphatic carbocycles. The van der Waals surface area contributed by atoms with Crippen molar-refractivity contribution in [2.45, 2.75) is 19.8 Å². The van der Waals surface area contributed by atoms with Crippen molar-refractivity contribution >= 4 is 17.5 Å². The number of aryl methyl sites for hydroxylation is 1. The van der Waals surface area contributed by atoms with E-state index in [2.05, 4.69) is 40.2 Å². The quantitative estimate of drug-likeness (QED) is 0.743. The minimum Gasteiger partial charge on any atom is -0.355 e. The second-order valence-electron chi connectivity index (χ2n) is 8.50. The van der Waals surface area contributed by atoms with Gasteiger partial charge in [0.15, 0.2) is 0 Å². The van der Waals surface area contributed by atoms with Crippen LogP contribution in [-0.4, -0.2) is 74.0 Å². The van der Waals surface area contributed by atoms with Crippen molar-refractivity contribution in [2.75, 3.05) is 57.3 Å². The van der Waals surface area contributed by atoms with Crippen LogP contribution < -0.4 is 10.2 Å². The summed E-state index contributed by atoms with van der Waals surface area (Å²) in [7, 11) is 0. The van der Waals surface area contributed by atoms with Crippen LogP contribution in [0.15, 0.2) is 48.5 Å². The van der Waals surface area contributed by atoms with Crippen molar-refractivity contribution < 1.29 is 9.59 Å². The number of rotatable bonds is 7. The van der Waals surface area contributed by atoms with E-state index in [0.717, 1.165) is 51.3 Å². The molecule has 0 bridgehead atoms.